The molecule has 2 nitrogen and oxygen atoms in total. The second-order valence-corrected chi connectivity index (χ2v) is 6.19. The van der Waals surface area contributed by atoms with Gasteiger partial charge in [0.2, 0.25) is 0 Å². The van der Waals surface area contributed by atoms with Crippen LogP contribution < -0.4 is 10.1 Å². The van der Waals surface area contributed by atoms with Gasteiger partial charge in [-0.1, -0.05) is 41.4 Å². The number of hydrogen-bond acceptors (Lipinski definition) is 2. The minimum absolute atomic E-state index is 0.468. The van der Waals surface area contributed by atoms with Crippen LogP contribution in [0.1, 0.15) is 24.3 Å². The molecule has 1 aliphatic rings. The van der Waals surface area contributed by atoms with Crippen molar-refractivity contribution in [1.82, 2.24) is 0 Å². The van der Waals surface area contributed by atoms with E-state index in [0.29, 0.717) is 22.7 Å². The van der Waals surface area contributed by atoms with E-state index in [9.17, 15) is 0 Å². The van der Waals surface area contributed by atoms with E-state index in [1.165, 1.54) is 5.56 Å². The van der Waals surface area contributed by atoms with Crippen LogP contribution >= 0.6 is 23.2 Å². The van der Waals surface area contributed by atoms with Crippen LogP contribution in [0.3, 0.4) is 0 Å². The molecular weight excluding hydrogens is 305 g/mol. The maximum atomic E-state index is 6.24. The Morgan fingerprint density at radius 1 is 1.05 bits per heavy atom. The highest BCUT2D eigenvalue weighted by atomic mass is 35.5. The van der Waals surface area contributed by atoms with Gasteiger partial charge in [-0.15, -0.1) is 0 Å². The number of benzene rings is 2. The third-order valence-electron chi connectivity index (χ3n) is 4.01. The number of rotatable bonds is 4. The van der Waals surface area contributed by atoms with E-state index >= 15 is 0 Å². The molecule has 0 aromatic heterocycles. The Balaban J connectivity index is 1.60. The summed E-state index contributed by atoms with van der Waals surface area (Å²) in [6, 6.07) is 14.3. The zero-order chi connectivity index (χ0) is 14.8. The van der Waals surface area contributed by atoms with Crippen LogP contribution in [0.25, 0.3) is 0 Å². The van der Waals surface area contributed by atoms with Crippen molar-refractivity contribution in [1.29, 1.82) is 0 Å². The molecule has 110 valence electrons. The highest BCUT2D eigenvalue weighted by molar-refractivity contribution is 6.32. The van der Waals surface area contributed by atoms with E-state index < -0.39 is 0 Å². The minimum atomic E-state index is 0.468. The van der Waals surface area contributed by atoms with Gasteiger partial charge < -0.3 is 10.1 Å². The molecule has 0 bridgehead atoms. The predicted molar refractivity (Wildman–Crippen MR) is 88.8 cm³/mol. The largest absolute Gasteiger partial charge is 0.495 e. The number of halogens is 2. The molecule has 4 heteroatoms. The van der Waals surface area contributed by atoms with Crippen LogP contribution in [0.15, 0.2) is 42.5 Å². The van der Waals surface area contributed by atoms with Gasteiger partial charge in [0.1, 0.15) is 5.75 Å². The molecule has 0 atom stereocenters. The number of anilines is 1. The molecule has 1 aliphatic carbocycles. The van der Waals surface area contributed by atoms with E-state index in [0.717, 1.165) is 23.6 Å². The Hall–Kier alpha value is -1.38. The fourth-order valence-corrected chi connectivity index (χ4v) is 3.34. The lowest BCUT2D eigenvalue weighted by Crippen LogP contribution is -2.34. The van der Waals surface area contributed by atoms with Crippen molar-refractivity contribution in [2.45, 2.75) is 24.8 Å². The van der Waals surface area contributed by atoms with Gasteiger partial charge in [0.15, 0.2) is 0 Å². The Bertz CT molecular complexity index is 638. The van der Waals surface area contributed by atoms with Gasteiger partial charge >= 0.3 is 0 Å². The smallest absolute Gasteiger partial charge is 0.137 e. The van der Waals surface area contributed by atoms with Crippen molar-refractivity contribution >= 4 is 28.9 Å². The number of nitrogens with one attached hydrogen (secondary N) is 1. The standard InChI is InChI=1S/C17H17Cl2NO/c1-21-17-7-6-12(10-16(17)19)20-13-8-11(9-13)14-4-2-3-5-15(14)18/h2-7,10-11,13,20H,8-9H2,1H3. The first kappa shape index (κ1) is 14.6. The molecule has 0 unspecified atom stereocenters. The second kappa shape index (κ2) is 6.17. The fourth-order valence-electron chi connectivity index (χ4n) is 2.79. The van der Waals surface area contributed by atoms with Gasteiger partial charge in [0.25, 0.3) is 0 Å². The molecule has 2 aromatic carbocycles. The average molecular weight is 322 g/mol. The zero-order valence-corrected chi connectivity index (χ0v) is 13.3. The lowest BCUT2D eigenvalue weighted by atomic mass is 9.76. The third-order valence-corrected chi connectivity index (χ3v) is 4.65. The Morgan fingerprint density at radius 3 is 2.48 bits per heavy atom. The van der Waals surface area contributed by atoms with Crippen molar-refractivity contribution in [3.05, 3.63) is 58.1 Å². The van der Waals surface area contributed by atoms with Crippen molar-refractivity contribution in [2.24, 2.45) is 0 Å². The number of hydrogen-bond donors (Lipinski definition) is 1. The maximum Gasteiger partial charge on any atom is 0.137 e. The van der Waals surface area contributed by atoms with Gasteiger partial charge in [-0.3, -0.25) is 0 Å². The maximum absolute atomic E-state index is 6.24. The first-order valence-electron chi connectivity index (χ1n) is 7.02. The molecule has 1 N–H and O–H groups in total. The molecule has 0 spiro atoms. The van der Waals surface area contributed by atoms with Crippen LogP contribution in [0.5, 0.6) is 5.75 Å². The summed E-state index contributed by atoms with van der Waals surface area (Å²) in [6.07, 6.45) is 2.18. The highest BCUT2D eigenvalue weighted by Gasteiger charge is 2.31. The lowest BCUT2D eigenvalue weighted by molar-refractivity contribution is 0.374. The fraction of sp³-hybridized carbons (Fsp3) is 0.294. The quantitative estimate of drug-likeness (QED) is 0.818. The SMILES string of the molecule is COc1ccc(NC2CC(c3ccccc3Cl)C2)cc1Cl. The second-order valence-electron chi connectivity index (χ2n) is 5.38. The molecule has 0 radical (unpaired) electrons. The monoisotopic (exact) mass is 321 g/mol. The lowest BCUT2D eigenvalue weighted by Gasteiger charge is -2.37. The molecule has 2 aromatic rings. The van der Waals surface area contributed by atoms with Crippen molar-refractivity contribution in [3.63, 3.8) is 0 Å². The van der Waals surface area contributed by atoms with Crippen molar-refractivity contribution < 1.29 is 4.74 Å². The summed E-state index contributed by atoms with van der Waals surface area (Å²) in [5, 5.41) is 5.00. The molecule has 0 aliphatic heterocycles. The molecule has 3 rings (SSSR count). The van der Waals surface area contributed by atoms with Crippen molar-refractivity contribution in [3.8, 4) is 5.75 Å². The van der Waals surface area contributed by atoms with E-state index in [-0.39, 0.29) is 0 Å². The summed E-state index contributed by atoms with van der Waals surface area (Å²) >= 11 is 12.4. The number of methoxy groups -OCH3 is 1. The molecule has 0 heterocycles. The Kier molecular flexibility index (Phi) is 4.27. The average Bonchev–Trinajstić information content (AvgIpc) is 2.44. The van der Waals surface area contributed by atoms with Crippen molar-refractivity contribution in [2.75, 3.05) is 12.4 Å². The zero-order valence-electron chi connectivity index (χ0n) is 11.8. The van der Waals surface area contributed by atoms with Crippen LogP contribution in [-0.4, -0.2) is 13.2 Å². The van der Waals surface area contributed by atoms with Crippen LogP contribution in [0.4, 0.5) is 5.69 Å². The van der Waals surface area contributed by atoms with Crippen LogP contribution in [0.2, 0.25) is 10.0 Å². The van der Waals surface area contributed by atoms with Gasteiger partial charge in [-0.2, -0.15) is 0 Å². The van der Waals surface area contributed by atoms with E-state index in [2.05, 4.69) is 11.4 Å². The van der Waals surface area contributed by atoms with Gasteiger partial charge in [0.05, 0.1) is 12.1 Å². The minimum Gasteiger partial charge on any atom is -0.495 e. The van der Waals surface area contributed by atoms with Crippen LogP contribution in [-0.2, 0) is 0 Å². The van der Waals surface area contributed by atoms with Gasteiger partial charge in [-0.25, -0.2) is 0 Å². The summed E-state index contributed by atoms with van der Waals surface area (Å²) in [5.74, 6) is 1.25. The Labute approximate surface area is 135 Å². The summed E-state index contributed by atoms with van der Waals surface area (Å²) in [7, 11) is 1.62. The van der Waals surface area contributed by atoms with E-state index in [1.807, 2.05) is 36.4 Å². The van der Waals surface area contributed by atoms with Crippen LogP contribution in [0, 0.1) is 0 Å². The summed E-state index contributed by atoms with van der Waals surface area (Å²) in [5.41, 5.74) is 2.29. The normalized spacial score (nSPS) is 20.7. The Morgan fingerprint density at radius 2 is 1.81 bits per heavy atom. The molecule has 0 saturated heterocycles. The summed E-state index contributed by atoms with van der Waals surface area (Å²) < 4.78 is 5.16. The first-order valence-corrected chi connectivity index (χ1v) is 7.77. The molecule has 21 heavy (non-hydrogen) atoms. The van der Waals surface area contributed by atoms with E-state index in [1.54, 1.807) is 7.11 Å². The predicted octanol–water partition coefficient (Wildman–Crippen LogP) is 5.36. The molecular formula is C17H17Cl2NO. The first-order chi connectivity index (χ1) is 10.2. The molecule has 1 saturated carbocycles. The van der Waals surface area contributed by atoms with Gasteiger partial charge in [-0.05, 0) is 48.6 Å². The van der Waals surface area contributed by atoms with Gasteiger partial charge in [0, 0.05) is 16.8 Å². The number of ether oxygens (including phenoxy) is 1. The molecule has 0 amide bonds. The summed E-state index contributed by atoms with van der Waals surface area (Å²) in [4.78, 5) is 0. The highest BCUT2D eigenvalue weighted by Crippen LogP contribution is 2.41. The topological polar surface area (TPSA) is 21.3 Å². The third kappa shape index (κ3) is 3.12. The molecule has 1 fully saturated rings. The van der Waals surface area contributed by atoms with E-state index in [4.69, 9.17) is 27.9 Å². The summed E-state index contributed by atoms with van der Waals surface area (Å²) in [6.45, 7) is 0.